The number of para-hydroxylation sites is 1. The van der Waals surface area contributed by atoms with Crippen molar-refractivity contribution in [3.05, 3.63) is 72.8 Å². The lowest BCUT2D eigenvalue weighted by atomic mass is 10.2. The highest BCUT2D eigenvalue weighted by Gasteiger charge is 2.16. The molecule has 0 spiro atoms. The van der Waals surface area contributed by atoms with Crippen LogP contribution >= 0.6 is 11.8 Å². The van der Waals surface area contributed by atoms with Gasteiger partial charge in [0.05, 0.1) is 11.4 Å². The van der Waals surface area contributed by atoms with E-state index in [-0.39, 0.29) is 25.0 Å². The van der Waals surface area contributed by atoms with Crippen molar-refractivity contribution in [3.8, 4) is 11.5 Å². The lowest BCUT2D eigenvalue weighted by Gasteiger charge is -2.18. The summed E-state index contributed by atoms with van der Waals surface area (Å²) in [6, 6.07) is 22.6. The number of fused-ring (bicyclic) bond motifs is 1. The summed E-state index contributed by atoms with van der Waals surface area (Å²) in [5.74, 6) is 0.550. The van der Waals surface area contributed by atoms with E-state index in [2.05, 4.69) is 10.6 Å². The molecule has 2 amide bonds. The van der Waals surface area contributed by atoms with E-state index in [1.54, 1.807) is 30.0 Å². The Balaban J connectivity index is 1.38. The van der Waals surface area contributed by atoms with Crippen LogP contribution in [0.5, 0.6) is 11.5 Å². The van der Waals surface area contributed by atoms with Crippen LogP contribution in [0.4, 0.5) is 11.4 Å². The number of rotatable bonds is 6. The van der Waals surface area contributed by atoms with E-state index < -0.39 is 0 Å². The molecule has 3 aromatic rings. The van der Waals surface area contributed by atoms with Crippen LogP contribution in [0.3, 0.4) is 0 Å². The number of ether oxygens (including phenoxy) is 2. The van der Waals surface area contributed by atoms with Gasteiger partial charge in [0.15, 0.2) is 13.2 Å². The number of carbonyl (C=O) groups excluding carboxylic acids is 2. The highest BCUT2D eigenvalue weighted by Crippen LogP contribution is 2.33. The number of benzene rings is 3. The largest absolute Gasteiger partial charge is 0.484 e. The van der Waals surface area contributed by atoms with E-state index in [1.807, 2.05) is 54.6 Å². The zero-order valence-electron chi connectivity index (χ0n) is 15.4. The second-order valence-electron chi connectivity index (χ2n) is 6.24. The van der Waals surface area contributed by atoms with Gasteiger partial charge in [0.25, 0.3) is 11.8 Å². The Hall–Kier alpha value is -3.45. The summed E-state index contributed by atoms with van der Waals surface area (Å²) >= 11 is 1.58. The highest BCUT2D eigenvalue weighted by molar-refractivity contribution is 7.99. The lowest BCUT2D eigenvalue weighted by Crippen LogP contribution is -2.25. The van der Waals surface area contributed by atoms with Gasteiger partial charge in [-0.05, 0) is 36.4 Å². The molecule has 4 rings (SSSR count). The first-order valence-electron chi connectivity index (χ1n) is 8.99. The Labute approximate surface area is 172 Å². The van der Waals surface area contributed by atoms with Gasteiger partial charge in [0.1, 0.15) is 11.5 Å². The summed E-state index contributed by atoms with van der Waals surface area (Å²) in [6.45, 7) is -0.159. The first-order valence-corrected chi connectivity index (χ1v) is 9.80. The Bertz CT molecular complexity index is 1040. The molecule has 1 aliphatic rings. The zero-order valence-corrected chi connectivity index (χ0v) is 16.2. The van der Waals surface area contributed by atoms with Crippen molar-refractivity contribution < 1.29 is 19.1 Å². The third-order valence-electron chi connectivity index (χ3n) is 4.09. The van der Waals surface area contributed by atoms with Crippen molar-refractivity contribution in [1.29, 1.82) is 0 Å². The van der Waals surface area contributed by atoms with Crippen LogP contribution in [-0.2, 0) is 9.59 Å². The van der Waals surface area contributed by atoms with Crippen LogP contribution in [0.1, 0.15) is 0 Å². The van der Waals surface area contributed by atoms with Crippen LogP contribution in [0, 0.1) is 0 Å². The van der Waals surface area contributed by atoms with Gasteiger partial charge < -0.3 is 20.1 Å². The third-order valence-corrected chi connectivity index (χ3v) is 5.17. The molecule has 146 valence electrons. The third kappa shape index (κ3) is 4.89. The number of amides is 2. The van der Waals surface area contributed by atoms with Gasteiger partial charge in [-0.3, -0.25) is 9.59 Å². The smallest absolute Gasteiger partial charge is 0.262 e. The van der Waals surface area contributed by atoms with Crippen molar-refractivity contribution >= 4 is 35.0 Å². The average molecular weight is 406 g/mol. The van der Waals surface area contributed by atoms with Crippen molar-refractivity contribution in [3.63, 3.8) is 0 Å². The standard InChI is InChI=1S/C22H18N2O4S/c25-21(13-27-15-10-11-19-18(12-15)24-22(26)14-28-19)23-17-8-4-5-9-20(17)29-16-6-2-1-3-7-16/h1-12H,13-14H2,(H,23,25)(H,24,26). The summed E-state index contributed by atoms with van der Waals surface area (Å²) in [5.41, 5.74) is 1.25. The summed E-state index contributed by atoms with van der Waals surface area (Å²) < 4.78 is 10.9. The van der Waals surface area contributed by atoms with Crippen LogP contribution < -0.4 is 20.1 Å². The number of carbonyl (C=O) groups is 2. The lowest BCUT2D eigenvalue weighted by molar-refractivity contribution is -0.119. The molecule has 29 heavy (non-hydrogen) atoms. The molecule has 1 aliphatic heterocycles. The molecule has 0 saturated heterocycles. The van der Waals surface area contributed by atoms with E-state index >= 15 is 0 Å². The van der Waals surface area contributed by atoms with Crippen LogP contribution in [0.2, 0.25) is 0 Å². The van der Waals surface area contributed by atoms with Crippen molar-refractivity contribution in [2.75, 3.05) is 23.8 Å². The Morgan fingerprint density at radius 3 is 2.72 bits per heavy atom. The predicted molar refractivity (Wildman–Crippen MR) is 112 cm³/mol. The minimum atomic E-state index is -0.274. The molecule has 0 bridgehead atoms. The molecule has 3 aromatic carbocycles. The van der Waals surface area contributed by atoms with Crippen LogP contribution in [0.25, 0.3) is 0 Å². The molecule has 0 saturated carbocycles. The molecule has 0 radical (unpaired) electrons. The SMILES string of the molecule is O=C1COc2ccc(OCC(=O)Nc3ccccc3Sc3ccccc3)cc2N1. The Kier molecular flexibility index (Phi) is 5.67. The average Bonchev–Trinajstić information content (AvgIpc) is 2.74. The molecule has 0 unspecified atom stereocenters. The van der Waals surface area contributed by atoms with Gasteiger partial charge in [0, 0.05) is 15.9 Å². The predicted octanol–water partition coefficient (Wildman–Crippen LogP) is 4.19. The minimum absolute atomic E-state index is 0.00396. The van der Waals surface area contributed by atoms with Crippen molar-refractivity contribution in [2.45, 2.75) is 9.79 Å². The van der Waals surface area contributed by atoms with E-state index in [0.29, 0.717) is 17.2 Å². The Morgan fingerprint density at radius 2 is 1.86 bits per heavy atom. The second-order valence-corrected chi connectivity index (χ2v) is 7.36. The molecular formula is C22H18N2O4S. The molecule has 0 fully saturated rings. The number of nitrogens with one attached hydrogen (secondary N) is 2. The molecule has 6 nitrogen and oxygen atoms in total. The maximum atomic E-state index is 12.4. The first-order chi connectivity index (χ1) is 14.2. The minimum Gasteiger partial charge on any atom is -0.484 e. The van der Waals surface area contributed by atoms with E-state index in [0.717, 1.165) is 15.5 Å². The molecule has 0 aromatic heterocycles. The maximum Gasteiger partial charge on any atom is 0.262 e. The zero-order chi connectivity index (χ0) is 20.1. The van der Waals surface area contributed by atoms with Crippen LogP contribution in [0.15, 0.2) is 82.6 Å². The second kappa shape index (κ2) is 8.70. The van der Waals surface area contributed by atoms with E-state index in [1.165, 1.54) is 0 Å². The summed E-state index contributed by atoms with van der Waals surface area (Å²) in [5, 5.41) is 5.60. The molecule has 7 heteroatoms. The van der Waals surface area contributed by atoms with Gasteiger partial charge in [-0.1, -0.05) is 42.1 Å². The normalized spacial score (nSPS) is 12.3. The molecule has 0 aliphatic carbocycles. The fraction of sp³-hybridized carbons (Fsp3) is 0.0909. The maximum absolute atomic E-state index is 12.4. The van der Waals surface area contributed by atoms with Gasteiger partial charge in [-0.2, -0.15) is 0 Å². The molecule has 2 N–H and O–H groups in total. The van der Waals surface area contributed by atoms with E-state index in [4.69, 9.17) is 9.47 Å². The Morgan fingerprint density at radius 1 is 1.07 bits per heavy atom. The highest BCUT2D eigenvalue weighted by atomic mass is 32.2. The first kappa shape index (κ1) is 18.9. The topological polar surface area (TPSA) is 76.7 Å². The fourth-order valence-corrected chi connectivity index (χ4v) is 3.68. The molecular weight excluding hydrogens is 388 g/mol. The number of hydrogen-bond acceptors (Lipinski definition) is 5. The van der Waals surface area contributed by atoms with Crippen molar-refractivity contribution in [2.24, 2.45) is 0 Å². The monoisotopic (exact) mass is 406 g/mol. The summed E-state index contributed by atoms with van der Waals surface area (Å²) in [6.07, 6.45) is 0. The number of hydrogen-bond donors (Lipinski definition) is 2. The van der Waals surface area contributed by atoms with Gasteiger partial charge >= 0.3 is 0 Å². The van der Waals surface area contributed by atoms with E-state index in [9.17, 15) is 9.59 Å². The van der Waals surface area contributed by atoms with Crippen LogP contribution in [-0.4, -0.2) is 25.0 Å². The fourth-order valence-electron chi connectivity index (χ4n) is 2.76. The summed E-state index contributed by atoms with van der Waals surface area (Å²) in [4.78, 5) is 25.8. The van der Waals surface area contributed by atoms with Gasteiger partial charge in [0.2, 0.25) is 0 Å². The van der Waals surface area contributed by atoms with Crippen molar-refractivity contribution in [1.82, 2.24) is 0 Å². The quantitative estimate of drug-likeness (QED) is 0.642. The molecule has 0 atom stereocenters. The van der Waals surface area contributed by atoms with Gasteiger partial charge in [-0.15, -0.1) is 0 Å². The molecule has 1 heterocycles. The number of anilines is 2. The summed E-state index contributed by atoms with van der Waals surface area (Å²) in [7, 11) is 0. The van der Waals surface area contributed by atoms with Gasteiger partial charge in [-0.25, -0.2) is 0 Å².